The number of imidazole rings is 1. The molecule has 0 spiro atoms. The van der Waals surface area contributed by atoms with Gasteiger partial charge in [0, 0.05) is 37.6 Å². The molecule has 8 nitrogen and oxygen atoms in total. The Balaban J connectivity index is 1.83. The molecule has 4 rings (SSSR count). The molecule has 25 heavy (non-hydrogen) atoms. The third-order valence-electron chi connectivity index (χ3n) is 4.36. The van der Waals surface area contributed by atoms with Crippen LogP contribution < -0.4 is 16.1 Å². The fraction of sp³-hybridized carbons (Fsp3) is 0.333. The minimum absolute atomic E-state index is 0.182. The molecule has 3 aromatic rings. The van der Waals surface area contributed by atoms with Gasteiger partial charge in [0.1, 0.15) is 5.69 Å². The van der Waals surface area contributed by atoms with Gasteiger partial charge in [-0.25, -0.2) is 23.1 Å². The first-order chi connectivity index (χ1) is 12.0. The number of nitrogens with one attached hydrogen (secondary N) is 2. The second-order valence-electron chi connectivity index (χ2n) is 5.93. The molecule has 1 aliphatic heterocycles. The summed E-state index contributed by atoms with van der Waals surface area (Å²) in [5, 5.41) is 4.32. The lowest BCUT2D eigenvalue weighted by atomic mass is 10.1. The first-order valence-electron chi connectivity index (χ1n) is 7.73. The second-order valence-corrected chi connectivity index (χ2v) is 5.93. The van der Waals surface area contributed by atoms with Gasteiger partial charge in [0.25, 0.3) is 5.56 Å². The predicted octanol–water partition coefficient (Wildman–Crippen LogP) is 0.864. The SMILES string of the molecule is O=c1[nH]cc(-c2cc(N3CC[C@@H](C(F)F)C3)c3nccn3n2)c(=O)[nH]1. The zero-order valence-corrected chi connectivity index (χ0v) is 12.9. The lowest BCUT2D eigenvalue weighted by molar-refractivity contribution is 0.0880. The summed E-state index contributed by atoms with van der Waals surface area (Å²) in [4.78, 5) is 33.8. The molecule has 10 heteroatoms. The van der Waals surface area contributed by atoms with Crippen molar-refractivity contribution in [2.75, 3.05) is 18.0 Å². The van der Waals surface area contributed by atoms with Crippen LogP contribution in [0.3, 0.4) is 0 Å². The molecule has 0 amide bonds. The molecule has 0 aliphatic carbocycles. The van der Waals surface area contributed by atoms with E-state index in [0.717, 1.165) is 0 Å². The van der Waals surface area contributed by atoms with Crippen LogP contribution in [0.15, 0.2) is 34.2 Å². The molecule has 4 heterocycles. The van der Waals surface area contributed by atoms with E-state index in [2.05, 4.69) is 20.1 Å². The molecule has 0 saturated carbocycles. The average molecular weight is 348 g/mol. The van der Waals surface area contributed by atoms with Crippen LogP contribution in [-0.2, 0) is 0 Å². The van der Waals surface area contributed by atoms with Crippen molar-refractivity contribution in [1.82, 2.24) is 24.6 Å². The second kappa shape index (κ2) is 5.80. The summed E-state index contributed by atoms with van der Waals surface area (Å²) in [5.41, 5.74) is 0.466. The van der Waals surface area contributed by atoms with Gasteiger partial charge in [-0.15, -0.1) is 0 Å². The topological polar surface area (TPSA) is 99.2 Å². The van der Waals surface area contributed by atoms with Gasteiger partial charge in [0.05, 0.1) is 11.3 Å². The largest absolute Gasteiger partial charge is 0.368 e. The van der Waals surface area contributed by atoms with E-state index in [1.54, 1.807) is 18.5 Å². The van der Waals surface area contributed by atoms with Crippen molar-refractivity contribution in [3.8, 4) is 11.3 Å². The fourth-order valence-corrected chi connectivity index (χ4v) is 3.08. The minimum Gasteiger partial charge on any atom is -0.368 e. The standard InChI is InChI=1S/C15H14F2N6O2/c16-12(17)8-1-3-22(7-8)11-5-10(21-23-4-2-18-13(11)23)9-6-19-15(25)20-14(9)24/h2,4-6,8,12H,1,3,7H2,(H2,19,20,24,25)/t8-/m1/s1. The maximum atomic E-state index is 13.0. The summed E-state index contributed by atoms with van der Waals surface area (Å²) < 4.78 is 27.4. The van der Waals surface area contributed by atoms with Crippen molar-refractivity contribution in [1.29, 1.82) is 0 Å². The minimum atomic E-state index is -2.37. The zero-order chi connectivity index (χ0) is 17.6. The Labute approximate surface area is 139 Å². The van der Waals surface area contributed by atoms with Crippen LogP contribution in [-0.4, -0.2) is 44.1 Å². The smallest absolute Gasteiger partial charge is 0.325 e. The van der Waals surface area contributed by atoms with Gasteiger partial charge in [-0.2, -0.15) is 5.10 Å². The molecule has 1 fully saturated rings. The van der Waals surface area contributed by atoms with Crippen LogP contribution in [0.5, 0.6) is 0 Å². The summed E-state index contributed by atoms with van der Waals surface area (Å²) >= 11 is 0. The van der Waals surface area contributed by atoms with Gasteiger partial charge in [0.15, 0.2) is 5.65 Å². The number of rotatable bonds is 3. The van der Waals surface area contributed by atoms with Crippen molar-refractivity contribution in [2.45, 2.75) is 12.8 Å². The van der Waals surface area contributed by atoms with E-state index in [-0.39, 0.29) is 12.1 Å². The first-order valence-corrected chi connectivity index (χ1v) is 7.73. The molecular formula is C15H14F2N6O2. The highest BCUT2D eigenvalue weighted by Gasteiger charge is 2.31. The van der Waals surface area contributed by atoms with Crippen LogP contribution in [0.2, 0.25) is 0 Å². The van der Waals surface area contributed by atoms with E-state index in [9.17, 15) is 18.4 Å². The molecule has 0 unspecified atom stereocenters. The summed E-state index contributed by atoms with van der Waals surface area (Å²) in [5.74, 6) is -0.692. The fourth-order valence-electron chi connectivity index (χ4n) is 3.08. The maximum absolute atomic E-state index is 13.0. The van der Waals surface area contributed by atoms with Crippen molar-refractivity contribution < 1.29 is 8.78 Å². The summed E-state index contributed by atoms with van der Waals surface area (Å²) in [6.07, 6.45) is 2.46. The van der Waals surface area contributed by atoms with Gasteiger partial charge in [-0.05, 0) is 12.5 Å². The quantitative estimate of drug-likeness (QED) is 0.732. The third-order valence-corrected chi connectivity index (χ3v) is 4.36. The monoisotopic (exact) mass is 348 g/mol. The maximum Gasteiger partial charge on any atom is 0.325 e. The average Bonchev–Trinajstić information content (AvgIpc) is 3.23. The molecule has 130 valence electrons. The van der Waals surface area contributed by atoms with Gasteiger partial charge in [-0.1, -0.05) is 0 Å². The number of hydrogen-bond acceptors (Lipinski definition) is 5. The molecule has 0 radical (unpaired) electrons. The highest BCUT2D eigenvalue weighted by Crippen LogP contribution is 2.31. The Kier molecular flexibility index (Phi) is 3.59. The van der Waals surface area contributed by atoms with E-state index in [1.807, 2.05) is 4.90 Å². The number of aromatic nitrogens is 5. The van der Waals surface area contributed by atoms with Crippen LogP contribution in [0, 0.1) is 5.92 Å². The Morgan fingerprint density at radius 2 is 2.16 bits per heavy atom. The number of aromatic amines is 2. The molecule has 1 aliphatic rings. The van der Waals surface area contributed by atoms with E-state index >= 15 is 0 Å². The van der Waals surface area contributed by atoms with Crippen LogP contribution in [0.4, 0.5) is 14.5 Å². The van der Waals surface area contributed by atoms with Gasteiger partial charge >= 0.3 is 5.69 Å². The number of anilines is 1. The number of fused-ring (bicyclic) bond motifs is 1. The number of alkyl halides is 2. The Morgan fingerprint density at radius 3 is 2.88 bits per heavy atom. The van der Waals surface area contributed by atoms with E-state index in [0.29, 0.717) is 30.0 Å². The number of hydrogen-bond donors (Lipinski definition) is 2. The number of halogens is 2. The van der Waals surface area contributed by atoms with Crippen LogP contribution in [0.1, 0.15) is 6.42 Å². The highest BCUT2D eigenvalue weighted by molar-refractivity contribution is 5.74. The molecule has 1 atom stereocenters. The lowest BCUT2D eigenvalue weighted by Crippen LogP contribution is -2.24. The van der Waals surface area contributed by atoms with Gasteiger partial charge in [-0.3, -0.25) is 9.78 Å². The van der Waals surface area contributed by atoms with Gasteiger partial charge < -0.3 is 9.88 Å². The predicted molar refractivity (Wildman–Crippen MR) is 86.0 cm³/mol. The third kappa shape index (κ3) is 2.69. The highest BCUT2D eigenvalue weighted by atomic mass is 19.3. The Bertz CT molecular complexity index is 1040. The van der Waals surface area contributed by atoms with E-state index in [4.69, 9.17) is 0 Å². The number of H-pyrrole nitrogens is 2. The van der Waals surface area contributed by atoms with Crippen molar-refractivity contribution >= 4 is 11.3 Å². The lowest BCUT2D eigenvalue weighted by Gasteiger charge is -2.20. The van der Waals surface area contributed by atoms with E-state index < -0.39 is 23.6 Å². The molecule has 1 saturated heterocycles. The molecule has 3 aromatic heterocycles. The molecular weight excluding hydrogens is 334 g/mol. The van der Waals surface area contributed by atoms with Crippen molar-refractivity contribution in [3.63, 3.8) is 0 Å². The molecule has 0 aromatic carbocycles. The summed E-state index contributed by atoms with van der Waals surface area (Å²) in [6, 6.07) is 1.64. The van der Waals surface area contributed by atoms with Crippen molar-refractivity contribution in [3.05, 3.63) is 45.5 Å². The van der Waals surface area contributed by atoms with Gasteiger partial charge in [0.2, 0.25) is 6.43 Å². The van der Waals surface area contributed by atoms with Crippen molar-refractivity contribution in [2.24, 2.45) is 5.92 Å². The summed E-state index contributed by atoms with van der Waals surface area (Å²) in [6.45, 7) is 0.689. The Hall–Kier alpha value is -3.04. The van der Waals surface area contributed by atoms with E-state index in [1.165, 1.54) is 10.7 Å². The Morgan fingerprint density at radius 1 is 1.32 bits per heavy atom. The first kappa shape index (κ1) is 15.5. The molecule has 2 N–H and O–H groups in total. The summed E-state index contributed by atoms with van der Waals surface area (Å²) in [7, 11) is 0. The zero-order valence-electron chi connectivity index (χ0n) is 12.9. The van der Waals surface area contributed by atoms with Crippen LogP contribution >= 0.6 is 0 Å². The van der Waals surface area contributed by atoms with Crippen LogP contribution in [0.25, 0.3) is 16.9 Å². The number of nitrogens with zero attached hydrogens (tertiary/aromatic N) is 4. The molecule has 0 bridgehead atoms. The normalized spacial score (nSPS) is 17.7.